The van der Waals surface area contributed by atoms with Crippen molar-refractivity contribution in [3.8, 4) is 0 Å². The Morgan fingerprint density at radius 2 is 1.79 bits per heavy atom. The fourth-order valence-electron chi connectivity index (χ4n) is 3.92. The number of alkyl carbamates (subject to hydrolysis) is 1. The van der Waals surface area contributed by atoms with Gasteiger partial charge in [-0.3, -0.25) is 9.79 Å². The van der Waals surface area contributed by atoms with Gasteiger partial charge in [-0.05, 0) is 38.2 Å². The van der Waals surface area contributed by atoms with Gasteiger partial charge in [-0.2, -0.15) is 0 Å². The highest BCUT2D eigenvalue weighted by atomic mass is 16.6. The van der Waals surface area contributed by atoms with Crippen LogP contribution in [0, 0.1) is 11.3 Å². The lowest BCUT2D eigenvalue weighted by molar-refractivity contribution is -0.116. The number of amides is 2. The first-order valence-electron chi connectivity index (χ1n) is 11.2. The molecule has 8 heteroatoms. The molecule has 0 radical (unpaired) electrons. The molecule has 0 spiro atoms. The molecule has 4 N–H and O–H groups in total. The summed E-state index contributed by atoms with van der Waals surface area (Å²) >= 11 is 0. The van der Waals surface area contributed by atoms with Crippen molar-refractivity contribution in [2.75, 3.05) is 27.2 Å². The first-order valence-corrected chi connectivity index (χ1v) is 11.2. The molecule has 0 saturated heterocycles. The lowest BCUT2D eigenvalue weighted by Gasteiger charge is -2.35. The van der Waals surface area contributed by atoms with E-state index in [1.165, 1.54) is 0 Å². The molecule has 33 heavy (non-hydrogen) atoms. The van der Waals surface area contributed by atoms with Crippen LogP contribution >= 0.6 is 0 Å². The number of benzene rings is 1. The Bertz CT molecular complexity index is 911. The number of ether oxygens (including phenoxy) is 2. The maximum absolute atomic E-state index is 12.9. The number of methoxy groups -OCH3 is 1. The number of likely N-dealkylation sites (N-methyl/N-ethyl adjacent to an activating group) is 1. The van der Waals surface area contributed by atoms with Crippen LogP contribution in [0.2, 0.25) is 0 Å². The molecular weight excluding hydrogens is 420 g/mol. The number of carbonyl (C=O) groups is 2. The van der Waals surface area contributed by atoms with Crippen molar-refractivity contribution in [2.24, 2.45) is 22.1 Å². The average molecular weight is 459 g/mol. The SMILES string of the molecule is CNC(=O)C1=C(N)C(C(C)(C)CNC(=O)OC(C)(C)C)CCN=C1c1ccc(COC)cc1. The van der Waals surface area contributed by atoms with Crippen molar-refractivity contribution in [3.05, 3.63) is 46.7 Å². The molecule has 1 aliphatic heterocycles. The maximum atomic E-state index is 12.9. The second kappa shape index (κ2) is 10.8. The fraction of sp³-hybridized carbons (Fsp3) is 0.560. The zero-order valence-electron chi connectivity index (χ0n) is 20.9. The first kappa shape index (κ1) is 26.4. The van der Waals surface area contributed by atoms with Gasteiger partial charge in [0, 0.05) is 44.4 Å². The van der Waals surface area contributed by atoms with Gasteiger partial charge in [0.25, 0.3) is 5.91 Å². The number of carbonyl (C=O) groups excluding carboxylic acids is 2. The third kappa shape index (κ3) is 7.05. The minimum absolute atomic E-state index is 0.172. The molecule has 1 aromatic carbocycles. The van der Waals surface area contributed by atoms with Crippen LogP contribution in [0.5, 0.6) is 0 Å². The van der Waals surface area contributed by atoms with Gasteiger partial charge < -0.3 is 25.8 Å². The van der Waals surface area contributed by atoms with Crippen LogP contribution in [-0.2, 0) is 20.9 Å². The molecule has 182 valence electrons. The van der Waals surface area contributed by atoms with E-state index >= 15 is 0 Å². The molecular formula is C25H38N4O4. The first-order chi connectivity index (χ1) is 15.4. The summed E-state index contributed by atoms with van der Waals surface area (Å²) in [6.07, 6.45) is 0.173. The highest BCUT2D eigenvalue weighted by Crippen LogP contribution is 2.36. The van der Waals surface area contributed by atoms with E-state index < -0.39 is 17.1 Å². The Balaban J connectivity index is 2.36. The van der Waals surface area contributed by atoms with Crippen molar-refractivity contribution in [3.63, 3.8) is 0 Å². The zero-order chi connectivity index (χ0) is 24.8. The summed E-state index contributed by atoms with van der Waals surface area (Å²) in [5, 5.41) is 5.55. The molecule has 1 aromatic rings. The zero-order valence-corrected chi connectivity index (χ0v) is 20.9. The molecule has 0 aromatic heterocycles. The van der Waals surface area contributed by atoms with Crippen molar-refractivity contribution in [2.45, 2.75) is 53.2 Å². The fourth-order valence-corrected chi connectivity index (χ4v) is 3.92. The topological polar surface area (TPSA) is 115 Å². The van der Waals surface area contributed by atoms with Gasteiger partial charge in [0.2, 0.25) is 0 Å². The van der Waals surface area contributed by atoms with Crippen LogP contribution < -0.4 is 16.4 Å². The number of rotatable bonds is 7. The van der Waals surface area contributed by atoms with E-state index in [2.05, 4.69) is 10.6 Å². The maximum Gasteiger partial charge on any atom is 0.407 e. The molecule has 1 aliphatic rings. The molecule has 2 rings (SSSR count). The van der Waals surface area contributed by atoms with Gasteiger partial charge in [0.05, 0.1) is 17.9 Å². The molecule has 2 amide bonds. The van der Waals surface area contributed by atoms with E-state index in [0.29, 0.717) is 43.1 Å². The predicted octanol–water partition coefficient (Wildman–Crippen LogP) is 3.15. The van der Waals surface area contributed by atoms with Crippen LogP contribution in [0.25, 0.3) is 0 Å². The van der Waals surface area contributed by atoms with Crippen LogP contribution in [0.3, 0.4) is 0 Å². The van der Waals surface area contributed by atoms with Crippen LogP contribution in [0.4, 0.5) is 4.79 Å². The van der Waals surface area contributed by atoms with Crippen molar-refractivity contribution in [1.29, 1.82) is 0 Å². The van der Waals surface area contributed by atoms with E-state index in [-0.39, 0.29) is 11.8 Å². The van der Waals surface area contributed by atoms with Crippen molar-refractivity contribution >= 4 is 17.7 Å². The third-order valence-electron chi connectivity index (χ3n) is 5.61. The number of nitrogens with two attached hydrogens (primary N) is 1. The summed E-state index contributed by atoms with van der Waals surface area (Å²) in [5.74, 6) is -0.455. The van der Waals surface area contributed by atoms with Crippen LogP contribution in [-0.4, -0.2) is 50.6 Å². The van der Waals surface area contributed by atoms with E-state index in [4.69, 9.17) is 20.2 Å². The minimum atomic E-state index is -0.580. The van der Waals surface area contributed by atoms with E-state index in [1.807, 2.05) is 58.9 Å². The van der Waals surface area contributed by atoms with Crippen molar-refractivity contribution < 1.29 is 19.1 Å². The third-order valence-corrected chi connectivity index (χ3v) is 5.61. The van der Waals surface area contributed by atoms with Gasteiger partial charge >= 0.3 is 6.09 Å². The Morgan fingerprint density at radius 3 is 2.33 bits per heavy atom. The predicted molar refractivity (Wildman–Crippen MR) is 130 cm³/mol. The highest BCUT2D eigenvalue weighted by molar-refractivity contribution is 6.28. The van der Waals surface area contributed by atoms with Gasteiger partial charge in [-0.1, -0.05) is 38.1 Å². The molecule has 1 atom stereocenters. The summed E-state index contributed by atoms with van der Waals surface area (Å²) < 4.78 is 10.5. The molecule has 0 fully saturated rings. The molecule has 1 heterocycles. The van der Waals surface area contributed by atoms with Gasteiger partial charge in [0.1, 0.15) is 5.60 Å². The van der Waals surface area contributed by atoms with Crippen molar-refractivity contribution in [1.82, 2.24) is 10.6 Å². The second-order valence-electron chi connectivity index (χ2n) is 9.96. The molecule has 8 nitrogen and oxygen atoms in total. The Labute approximate surface area is 197 Å². The smallest absolute Gasteiger partial charge is 0.407 e. The van der Waals surface area contributed by atoms with Crippen LogP contribution in [0.15, 0.2) is 40.5 Å². The lowest BCUT2D eigenvalue weighted by Crippen LogP contribution is -2.43. The molecule has 0 bridgehead atoms. The molecule has 1 unspecified atom stereocenters. The Kier molecular flexibility index (Phi) is 8.66. The Morgan fingerprint density at radius 1 is 1.15 bits per heavy atom. The quantitative estimate of drug-likeness (QED) is 0.581. The summed E-state index contributed by atoms with van der Waals surface area (Å²) in [6, 6.07) is 7.77. The number of allylic oxidation sites excluding steroid dienone is 1. The largest absolute Gasteiger partial charge is 0.444 e. The standard InChI is InChI=1S/C25H38N4O4/c1-24(2,3)33-23(31)29-15-25(4,5)18-12-13-28-21(19(20(18)26)22(30)27-6)17-10-8-16(9-11-17)14-32-7/h8-11,18H,12-15,26H2,1-7H3,(H,27,30)(H,29,31). The van der Waals surface area contributed by atoms with E-state index in [9.17, 15) is 9.59 Å². The average Bonchev–Trinajstić information content (AvgIpc) is 2.91. The summed E-state index contributed by atoms with van der Waals surface area (Å²) in [5.41, 5.74) is 8.94. The lowest BCUT2D eigenvalue weighted by atomic mass is 9.74. The van der Waals surface area contributed by atoms with Gasteiger partial charge in [0.15, 0.2) is 0 Å². The normalized spacial score (nSPS) is 17.2. The Hall–Kier alpha value is -2.87. The number of hydrogen-bond donors (Lipinski definition) is 3. The second-order valence-corrected chi connectivity index (χ2v) is 9.96. The minimum Gasteiger partial charge on any atom is -0.444 e. The van der Waals surface area contributed by atoms with Gasteiger partial charge in [-0.25, -0.2) is 4.79 Å². The van der Waals surface area contributed by atoms with E-state index in [1.54, 1.807) is 14.2 Å². The number of hydrogen-bond acceptors (Lipinski definition) is 6. The molecule has 0 saturated carbocycles. The monoisotopic (exact) mass is 458 g/mol. The number of nitrogens with zero attached hydrogens (tertiary/aromatic N) is 1. The number of aliphatic imine (C=N–C) groups is 1. The number of nitrogens with one attached hydrogen (secondary N) is 2. The van der Waals surface area contributed by atoms with Gasteiger partial charge in [-0.15, -0.1) is 0 Å². The summed E-state index contributed by atoms with van der Waals surface area (Å²) in [4.78, 5) is 29.9. The molecule has 0 aliphatic carbocycles. The van der Waals surface area contributed by atoms with E-state index in [0.717, 1.165) is 11.1 Å². The summed E-state index contributed by atoms with van der Waals surface area (Å²) in [6.45, 7) is 10.9. The summed E-state index contributed by atoms with van der Waals surface area (Å²) in [7, 11) is 3.23. The highest BCUT2D eigenvalue weighted by Gasteiger charge is 2.37. The van der Waals surface area contributed by atoms with Crippen LogP contribution in [0.1, 0.15) is 52.2 Å².